The molecule has 21 heavy (non-hydrogen) atoms. The summed E-state index contributed by atoms with van der Waals surface area (Å²) >= 11 is 9.10. The summed E-state index contributed by atoms with van der Waals surface area (Å²) in [6, 6.07) is 2.15. The van der Waals surface area contributed by atoms with Gasteiger partial charge in [0.1, 0.15) is 11.0 Å². The molecule has 0 saturated carbocycles. The summed E-state index contributed by atoms with van der Waals surface area (Å²) in [6.45, 7) is 1.81. The van der Waals surface area contributed by atoms with Crippen molar-refractivity contribution in [2.24, 2.45) is 0 Å². The third-order valence-corrected chi connectivity index (χ3v) is 4.03. The van der Waals surface area contributed by atoms with Gasteiger partial charge in [0, 0.05) is 5.56 Å². The molecule has 2 rings (SSSR count). The molecular weight excluding hydrogens is 376 g/mol. The van der Waals surface area contributed by atoms with Crippen LogP contribution >= 0.6 is 27.5 Å². The predicted octanol–water partition coefficient (Wildman–Crippen LogP) is 5.28. The summed E-state index contributed by atoms with van der Waals surface area (Å²) < 4.78 is 52.0. The summed E-state index contributed by atoms with van der Waals surface area (Å²) in [7, 11) is 0. The minimum Gasteiger partial charge on any atom is -0.232 e. The Labute approximate surface area is 131 Å². The second-order valence-corrected chi connectivity index (χ2v) is 5.33. The Bertz CT molecular complexity index is 689. The second-order valence-electron chi connectivity index (χ2n) is 4.18. The maximum atomic E-state index is 13.4. The zero-order valence-electron chi connectivity index (χ0n) is 10.6. The number of hydrogen-bond donors (Lipinski definition) is 0. The van der Waals surface area contributed by atoms with E-state index in [1.165, 1.54) is 0 Å². The maximum absolute atomic E-state index is 13.4. The monoisotopic (exact) mass is 382 g/mol. The Morgan fingerprint density at radius 2 is 1.86 bits per heavy atom. The Balaban J connectivity index is 2.62. The molecule has 8 heteroatoms. The number of nitrogens with zero attached hydrogens (tertiary/aromatic N) is 2. The molecule has 0 fully saturated rings. The smallest absolute Gasteiger partial charge is 0.232 e. The Morgan fingerprint density at radius 3 is 2.43 bits per heavy atom. The van der Waals surface area contributed by atoms with Crippen LogP contribution in [0.1, 0.15) is 18.2 Å². The molecule has 0 spiro atoms. The van der Waals surface area contributed by atoms with Crippen LogP contribution in [-0.4, -0.2) is 9.97 Å². The first kappa shape index (κ1) is 16.2. The molecule has 0 aliphatic heterocycles. The van der Waals surface area contributed by atoms with Crippen molar-refractivity contribution in [3.8, 4) is 11.4 Å². The van der Waals surface area contributed by atoms with E-state index in [1.807, 2.05) is 0 Å². The second kappa shape index (κ2) is 5.88. The van der Waals surface area contributed by atoms with E-state index < -0.39 is 17.6 Å². The largest absolute Gasteiger partial charge is 0.416 e. The number of alkyl halides is 3. The van der Waals surface area contributed by atoms with Crippen LogP contribution in [0.5, 0.6) is 0 Å². The van der Waals surface area contributed by atoms with E-state index in [4.69, 9.17) is 11.6 Å². The van der Waals surface area contributed by atoms with Crippen LogP contribution in [-0.2, 0) is 12.6 Å². The summed E-state index contributed by atoms with van der Waals surface area (Å²) in [5, 5.41) is 0.0645. The molecule has 112 valence electrons. The molecule has 2 nitrogen and oxygen atoms in total. The lowest BCUT2D eigenvalue weighted by molar-refractivity contribution is -0.137. The van der Waals surface area contributed by atoms with Crippen LogP contribution in [0, 0.1) is 5.82 Å². The molecule has 1 aromatic heterocycles. The number of benzene rings is 1. The summed E-state index contributed by atoms with van der Waals surface area (Å²) in [5.74, 6) is -1.06. The van der Waals surface area contributed by atoms with Crippen molar-refractivity contribution in [3.05, 3.63) is 44.9 Å². The van der Waals surface area contributed by atoms with Crippen molar-refractivity contribution in [2.75, 3.05) is 0 Å². The van der Waals surface area contributed by atoms with E-state index in [1.54, 1.807) is 6.92 Å². The Kier molecular flexibility index (Phi) is 4.53. The molecule has 0 N–H and O–H groups in total. The van der Waals surface area contributed by atoms with Crippen LogP contribution in [0.4, 0.5) is 17.6 Å². The Hall–Kier alpha value is -1.21. The average Bonchev–Trinajstić information content (AvgIpc) is 2.40. The molecule has 0 unspecified atom stereocenters. The van der Waals surface area contributed by atoms with Gasteiger partial charge in [0.25, 0.3) is 0 Å². The molecule has 0 aliphatic carbocycles. The Morgan fingerprint density at radius 1 is 1.19 bits per heavy atom. The first-order valence-corrected chi connectivity index (χ1v) is 6.99. The number of hydrogen-bond acceptors (Lipinski definition) is 2. The van der Waals surface area contributed by atoms with Crippen LogP contribution in [0.2, 0.25) is 5.15 Å². The van der Waals surface area contributed by atoms with Gasteiger partial charge < -0.3 is 0 Å². The quantitative estimate of drug-likeness (QED) is 0.521. The lowest BCUT2D eigenvalue weighted by Gasteiger charge is -2.10. The van der Waals surface area contributed by atoms with Gasteiger partial charge in [-0.25, -0.2) is 14.4 Å². The number of halogens is 6. The molecule has 1 heterocycles. The molecule has 0 bridgehead atoms. The van der Waals surface area contributed by atoms with Crippen molar-refractivity contribution in [1.82, 2.24) is 9.97 Å². The fourth-order valence-electron chi connectivity index (χ4n) is 1.71. The van der Waals surface area contributed by atoms with Crippen molar-refractivity contribution < 1.29 is 17.6 Å². The lowest BCUT2D eigenvalue weighted by atomic mass is 10.1. The molecule has 2 aromatic rings. The van der Waals surface area contributed by atoms with Crippen LogP contribution < -0.4 is 0 Å². The van der Waals surface area contributed by atoms with Crippen molar-refractivity contribution in [2.45, 2.75) is 19.5 Å². The number of aryl methyl sites for hydroxylation is 1. The summed E-state index contributed by atoms with van der Waals surface area (Å²) in [4.78, 5) is 8.00. The summed E-state index contributed by atoms with van der Waals surface area (Å²) in [6.07, 6.45) is -4.15. The first-order chi connectivity index (χ1) is 9.72. The normalized spacial score (nSPS) is 11.8. The zero-order chi connectivity index (χ0) is 15.8. The molecule has 0 aliphatic rings. The van der Waals surface area contributed by atoms with Crippen molar-refractivity contribution in [3.63, 3.8) is 0 Å². The highest BCUT2D eigenvalue weighted by atomic mass is 79.9. The van der Waals surface area contributed by atoms with Gasteiger partial charge in [-0.1, -0.05) is 18.5 Å². The topological polar surface area (TPSA) is 25.8 Å². The van der Waals surface area contributed by atoms with Gasteiger partial charge in [-0.2, -0.15) is 13.2 Å². The van der Waals surface area contributed by atoms with Crippen molar-refractivity contribution >= 4 is 27.5 Å². The van der Waals surface area contributed by atoms with E-state index in [0.717, 1.165) is 12.1 Å². The highest BCUT2D eigenvalue weighted by Crippen LogP contribution is 2.33. The van der Waals surface area contributed by atoms with E-state index in [2.05, 4.69) is 25.9 Å². The van der Waals surface area contributed by atoms with Crippen molar-refractivity contribution in [1.29, 1.82) is 0 Å². The van der Waals surface area contributed by atoms with Crippen LogP contribution in [0.15, 0.2) is 22.7 Å². The SMILES string of the molecule is CCc1nc(-c2cc(F)cc(C(F)(F)F)c2)nc(Cl)c1Br. The highest BCUT2D eigenvalue weighted by molar-refractivity contribution is 9.10. The fourth-order valence-corrected chi connectivity index (χ4v) is 2.36. The maximum Gasteiger partial charge on any atom is 0.416 e. The third-order valence-electron chi connectivity index (χ3n) is 2.70. The van der Waals surface area contributed by atoms with E-state index >= 15 is 0 Å². The fraction of sp³-hybridized carbons (Fsp3) is 0.231. The molecule has 0 amide bonds. The van der Waals surface area contributed by atoms with E-state index in [9.17, 15) is 17.6 Å². The molecule has 0 radical (unpaired) electrons. The third kappa shape index (κ3) is 3.52. The zero-order valence-corrected chi connectivity index (χ0v) is 12.9. The van der Waals surface area contributed by atoms with E-state index in [0.29, 0.717) is 22.7 Å². The van der Waals surface area contributed by atoms with E-state index in [-0.39, 0.29) is 16.5 Å². The average molecular weight is 384 g/mol. The van der Waals surface area contributed by atoms with Crippen LogP contribution in [0.3, 0.4) is 0 Å². The minimum absolute atomic E-state index is 0.0509. The summed E-state index contributed by atoms with van der Waals surface area (Å²) in [5.41, 5.74) is -0.646. The van der Waals surface area contributed by atoms with Gasteiger partial charge in [0.2, 0.25) is 0 Å². The predicted molar refractivity (Wildman–Crippen MR) is 74.5 cm³/mol. The number of rotatable bonds is 2. The van der Waals surface area contributed by atoms with Gasteiger partial charge in [-0.3, -0.25) is 0 Å². The lowest BCUT2D eigenvalue weighted by Crippen LogP contribution is -2.06. The minimum atomic E-state index is -4.65. The molecule has 1 aromatic carbocycles. The van der Waals surface area contributed by atoms with Gasteiger partial charge in [-0.05, 0) is 40.5 Å². The standard InChI is InChI=1S/C13H8BrClF4N2/c1-2-9-10(14)11(15)21-12(20-9)6-3-7(13(17,18)19)5-8(16)4-6/h3-5H,2H2,1H3. The molecular formula is C13H8BrClF4N2. The first-order valence-electron chi connectivity index (χ1n) is 5.82. The molecule has 0 atom stereocenters. The van der Waals surface area contributed by atoms with Gasteiger partial charge >= 0.3 is 6.18 Å². The van der Waals surface area contributed by atoms with Gasteiger partial charge in [-0.15, -0.1) is 0 Å². The highest BCUT2D eigenvalue weighted by Gasteiger charge is 2.31. The van der Waals surface area contributed by atoms with Crippen LogP contribution in [0.25, 0.3) is 11.4 Å². The number of aromatic nitrogens is 2. The van der Waals surface area contributed by atoms with Gasteiger partial charge in [0.15, 0.2) is 5.82 Å². The molecule has 0 saturated heterocycles. The van der Waals surface area contributed by atoms with Gasteiger partial charge in [0.05, 0.1) is 15.7 Å².